The van der Waals surface area contributed by atoms with Gasteiger partial charge >= 0.3 is 12.1 Å². The predicted molar refractivity (Wildman–Crippen MR) is 157 cm³/mol. The number of phenolic OH excluding ortho intramolecular Hbond substituents is 1. The maximum atomic E-state index is 13.8. The predicted octanol–water partition coefficient (Wildman–Crippen LogP) is 5.64. The Kier molecular flexibility index (Phi) is 11.7. The zero-order valence-electron chi connectivity index (χ0n) is 23.7. The van der Waals surface area contributed by atoms with E-state index in [0.717, 1.165) is 31.2 Å². The summed E-state index contributed by atoms with van der Waals surface area (Å²) in [5, 5.41) is 42.6. The van der Waals surface area contributed by atoms with Crippen molar-refractivity contribution in [3.63, 3.8) is 0 Å². The molecule has 44 heavy (non-hydrogen) atoms. The Labute approximate surface area is 249 Å². The highest BCUT2D eigenvalue weighted by Gasteiger charge is 2.35. The Morgan fingerprint density at radius 3 is 2.20 bits per heavy atom. The van der Waals surface area contributed by atoms with Crippen LogP contribution in [0.2, 0.25) is 0 Å². The largest absolute Gasteiger partial charge is 0.507 e. The number of amides is 2. The van der Waals surface area contributed by atoms with Gasteiger partial charge in [-0.1, -0.05) is 13.0 Å². The van der Waals surface area contributed by atoms with Gasteiger partial charge < -0.3 is 26.2 Å². The van der Waals surface area contributed by atoms with E-state index in [9.17, 15) is 37.5 Å². The number of nitrogens with zero attached hydrogens (tertiary/aromatic N) is 1. The number of alkyl halides is 3. The SMILES string of the molecule is CCCC(=O)Nc1cc(O)c(C(=N)C=O)cc1-c1ccc(NC(C)=O)cc1C(F)(F)F.CNc1ccc(C#N)cc1C(=O)O. The van der Waals surface area contributed by atoms with E-state index >= 15 is 0 Å². The number of hydrogen-bond acceptors (Lipinski definition) is 8. The van der Waals surface area contributed by atoms with Crippen LogP contribution < -0.4 is 16.0 Å². The average Bonchev–Trinajstić information content (AvgIpc) is 2.96. The third-order valence-corrected chi connectivity index (χ3v) is 5.88. The highest BCUT2D eigenvalue weighted by atomic mass is 19.4. The molecule has 0 spiro atoms. The molecule has 0 saturated heterocycles. The van der Waals surface area contributed by atoms with Crippen LogP contribution in [0.3, 0.4) is 0 Å². The third-order valence-electron chi connectivity index (χ3n) is 5.88. The van der Waals surface area contributed by atoms with Crippen LogP contribution in [0.4, 0.5) is 30.2 Å². The highest BCUT2D eigenvalue weighted by Crippen LogP contribution is 2.43. The first-order valence-electron chi connectivity index (χ1n) is 12.8. The van der Waals surface area contributed by atoms with Crippen molar-refractivity contribution in [1.82, 2.24) is 0 Å². The van der Waals surface area contributed by atoms with Gasteiger partial charge in [-0.05, 0) is 48.4 Å². The summed E-state index contributed by atoms with van der Waals surface area (Å²) >= 11 is 0. The van der Waals surface area contributed by atoms with E-state index in [-0.39, 0.29) is 46.3 Å². The van der Waals surface area contributed by atoms with Crippen LogP contribution in [-0.2, 0) is 20.6 Å². The number of hydrogen-bond donors (Lipinski definition) is 6. The van der Waals surface area contributed by atoms with Gasteiger partial charge in [-0.3, -0.25) is 19.8 Å². The van der Waals surface area contributed by atoms with Gasteiger partial charge in [0.25, 0.3) is 0 Å². The van der Waals surface area contributed by atoms with E-state index in [2.05, 4.69) is 16.0 Å². The number of carbonyl (C=O) groups excluding carboxylic acids is 3. The van der Waals surface area contributed by atoms with Crippen LogP contribution in [0, 0.1) is 16.7 Å². The molecule has 0 unspecified atom stereocenters. The molecule has 14 heteroatoms. The minimum Gasteiger partial charge on any atom is -0.507 e. The number of aromatic hydroxyl groups is 1. The molecule has 0 heterocycles. The van der Waals surface area contributed by atoms with Gasteiger partial charge in [-0.2, -0.15) is 18.4 Å². The van der Waals surface area contributed by atoms with E-state index in [1.807, 2.05) is 6.07 Å². The van der Waals surface area contributed by atoms with Crippen molar-refractivity contribution in [2.45, 2.75) is 32.9 Å². The minimum absolute atomic E-state index is 0.0835. The van der Waals surface area contributed by atoms with E-state index in [0.29, 0.717) is 17.7 Å². The normalized spacial score (nSPS) is 10.4. The molecule has 0 bridgehead atoms. The third kappa shape index (κ3) is 8.89. The summed E-state index contributed by atoms with van der Waals surface area (Å²) in [4.78, 5) is 45.0. The standard InChI is InChI=1S/C21H20F3N3O4.C9H8N2O2/c1-3-4-20(31)27-18-9-19(30)15(17(25)10-28)8-14(18)13-6-5-12(26-11(2)29)7-16(13)21(22,23)24;1-11-8-3-2-6(5-10)4-7(8)9(12)13/h5-10,25,30H,3-4H2,1-2H3,(H,26,29)(H,27,31);2-4,11H,1H3,(H,12,13). The Morgan fingerprint density at radius 1 is 1.00 bits per heavy atom. The van der Waals surface area contributed by atoms with Crippen LogP contribution >= 0.6 is 0 Å². The minimum atomic E-state index is -4.83. The van der Waals surface area contributed by atoms with Crippen molar-refractivity contribution in [3.05, 3.63) is 70.8 Å². The number of nitriles is 1. The molecule has 2 amide bonds. The molecule has 0 radical (unpaired) electrons. The molecule has 0 aromatic heterocycles. The van der Waals surface area contributed by atoms with Crippen molar-refractivity contribution in [2.24, 2.45) is 0 Å². The second-order valence-corrected chi connectivity index (χ2v) is 9.11. The van der Waals surface area contributed by atoms with E-state index in [1.54, 1.807) is 26.1 Å². The summed E-state index contributed by atoms with van der Waals surface area (Å²) < 4.78 is 41.5. The lowest BCUT2D eigenvalue weighted by Gasteiger charge is -2.19. The van der Waals surface area contributed by atoms with Crippen molar-refractivity contribution in [2.75, 3.05) is 23.0 Å². The molecule has 3 rings (SSSR count). The molecule has 0 aliphatic rings. The van der Waals surface area contributed by atoms with Crippen molar-refractivity contribution in [3.8, 4) is 22.9 Å². The Hall–Kier alpha value is -5.71. The molecule has 11 nitrogen and oxygen atoms in total. The number of phenols is 1. The smallest absolute Gasteiger partial charge is 0.417 e. The number of nitrogens with one attached hydrogen (secondary N) is 4. The van der Waals surface area contributed by atoms with E-state index in [1.165, 1.54) is 12.1 Å². The number of rotatable bonds is 9. The molecular weight excluding hydrogens is 583 g/mol. The molecule has 0 fully saturated rings. The Morgan fingerprint density at radius 2 is 1.68 bits per heavy atom. The zero-order chi connectivity index (χ0) is 33.2. The summed E-state index contributed by atoms with van der Waals surface area (Å²) in [7, 11) is 1.63. The summed E-state index contributed by atoms with van der Waals surface area (Å²) in [5.74, 6) is -2.62. The van der Waals surface area contributed by atoms with Crippen molar-refractivity contribution >= 4 is 46.8 Å². The first kappa shape index (κ1) is 34.5. The number of aldehydes is 1. The number of halogens is 3. The summed E-state index contributed by atoms with van der Waals surface area (Å²) in [5.41, 5.74) is -1.80. The van der Waals surface area contributed by atoms with Gasteiger partial charge in [0.1, 0.15) is 11.5 Å². The van der Waals surface area contributed by atoms with Crippen molar-refractivity contribution in [1.29, 1.82) is 10.7 Å². The lowest BCUT2D eigenvalue weighted by atomic mass is 9.93. The van der Waals surface area contributed by atoms with Gasteiger partial charge in [0, 0.05) is 49.0 Å². The number of anilines is 3. The molecule has 3 aromatic rings. The lowest BCUT2D eigenvalue weighted by Crippen LogP contribution is -2.14. The number of benzene rings is 3. The van der Waals surface area contributed by atoms with Crippen LogP contribution in [0.25, 0.3) is 11.1 Å². The molecule has 0 aliphatic heterocycles. The van der Waals surface area contributed by atoms with Crippen LogP contribution in [-0.4, -0.2) is 47.0 Å². The van der Waals surface area contributed by atoms with Gasteiger partial charge in [0.15, 0.2) is 6.29 Å². The van der Waals surface area contributed by atoms with Crippen LogP contribution in [0.15, 0.2) is 48.5 Å². The maximum Gasteiger partial charge on any atom is 0.417 e. The number of carboxylic acids is 1. The summed E-state index contributed by atoms with van der Waals surface area (Å²) in [6.07, 6.45) is -4.11. The van der Waals surface area contributed by atoms with E-state index < -0.39 is 41.0 Å². The fourth-order valence-corrected chi connectivity index (χ4v) is 3.94. The van der Waals surface area contributed by atoms with Gasteiger partial charge in [0.2, 0.25) is 11.8 Å². The van der Waals surface area contributed by atoms with Crippen molar-refractivity contribution < 1.29 is 42.6 Å². The Bertz CT molecular complexity index is 1650. The lowest BCUT2D eigenvalue weighted by molar-refractivity contribution is -0.137. The first-order chi connectivity index (χ1) is 20.7. The van der Waals surface area contributed by atoms with Crippen LogP contribution in [0.5, 0.6) is 5.75 Å². The fourth-order valence-electron chi connectivity index (χ4n) is 3.94. The molecule has 6 N–H and O–H groups in total. The Balaban J connectivity index is 0.000000432. The highest BCUT2D eigenvalue weighted by molar-refractivity contribution is 6.35. The molecule has 0 saturated carbocycles. The maximum absolute atomic E-state index is 13.8. The van der Waals surface area contributed by atoms with Gasteiger partial charge in [0.05, 0.1) is 28.4 Å². The van der Waals surface area contributed by atoms with Gasteiger partial charge in [-0.25, -0.2) is 4.79 Å². The monoisotopic (exact) mass is 611 g/mol. The molecular formula is C30H28F3N5O6. The van der Waals surface area contributed by atoms with Gasteiger partial charge in [-0.15, -0.1) is 0 Å². The number of carboxylic acid groups (broad SMARTS) is 1. The van der Waals surface area contributed by atoms with Crippen LogP contribution in [0.1, 0.15) is 53.7 Å². The quantitative estimate of drug-likeness (QED) is 0.132. The number of aromatic carboxylic acids is 1. The fraction of sp³-hybridized carbons (Fsp3) is 0.200. The molecule has 3 aromatic carbocycles. The summed E-state index contributed by atoms with van der Waals surface area (Å²) in [6, 6.07) is 11.5. The zero-order valence-corrected chi connectivity index (χ0v) is 23.7. The molecule has 230 valence electrons. The molecule has 0 atom stereocenters. The van der Waals surface area contributed by atoms with E-state index in [4.69, 9.17) is 15.8 Å². The first-order valence-corrected chi connectivity index (χ1v) is 12.8. The summed E-state index contributed by atoms with van der Waals surface area (Å²) in [6.45, 7) is 2.90. The average molecular weight is 612 g/mol. The molecule has 0 aliphatic carbocycles. The number of carbonyl (C=O) groups is 4. The topological polar surface area (TPSA) is 192 Å². The second kappa shape index (κ2) is 15.0. The second-order valence-electron chi connectivity index (χ2n) is 9.11.